The molecule has 0 aliphatic rings. The van der Waals surface area contributed by atoms with Crippen molar-refractivity contribution < 1.29 is 19.2 Å². The lowest BCUT2D eigenvalue weighted by Crippen LogP contribution is -2.24. The summed E-state index contributed by atoms with van der Waals surface area (Å²) in [5.41, 5.74) is 3.97. The second-order valence-corrected chi connectivity index (χ2v) is 6.73. The number of anilines is 1. The Labute approximate surface area is 179 Å². The van der Waals surface area contributed by atoms with Crippen LogP contribution in [0.1, 0.15) is 31.1 Å². The van der Waals surface area contributed by atoms with Crippen molar-refractivity contribution in [2.24, 2.45) is 0 Å². The van der Waals surface area contributed by atoms with Crippen molar-refractivity contribution in [1.82, 2.24) is 15.0 Å². The number of rotatable bonds is 7. The number of pyridine rings is 2. The van der Waals surface area contributed by atoms with Crippen LogP contribution in [0.4, 0.5) is 5.82 Å². The number of aryl methyl sites for hydroxylation is 1. The van der Waals surface area contributed by atoms with E-state index in [2.05, 4.69) is 15.8 Å². The van der Waals surface area contributed by atoms with E-state index in [0.717, 1.165) is 0 Å². The smallest absolute Gasteiger partial charge is 0.274 e. The maximum absolute atomic E-state index is 13.3. The second-order valence-electron chi connectivity index (χ2n) is 6.73. The summed E-state index contributed by atoms with van der Waals surface area (Å²) >= 11 is 0. The quantitative estimate of drug-likeness (QED) is 0.564. The van der Waals surface area contributed by atoms with E-state index in [1.54, 1.807) is 48.0 Å². The van der Waals surface area contributed by atoms with E-state index in [1.807, 2.05) is 6.92 Å². The summed E-state index contributed by atoms with van der Waals surface area (Å²) in [7, 11) is 1.49. The predicted octanol–water partition coefficient (Wildman–Crippen LogP) is 2.73. The highest BCUT2D eigenvalue weighted by atomic mass is 16.6. The number of hydroxylamine groups is 1. The molecule has 31 heavy (non-hydrogen) atoms. The van der Waals surface area contributed by atoms with Crippen LogP contribution >= 0.6 is 0 Å². The maximum atomic E-state index is 13.3. The Hall–Kier alpha value is -3.72. The number of hydrogen-bond donors (Lipinski definition) is 2. The van der Waals surface area contributed by atoms with Crippen LogP contribution in [-0.2, 0) is 16.2 Å². The first-order chi connectivity index (χ1) is 14.9. The zero-order valence-corrected chi connectivity index (χ0v) is 17.8. The number of carbonyl (C=O) groups excluding carboxylic acids is 2. The lowest BCUT2D eigenvalue weighted by atomic mass is 10.0. The minimum Gasteiger partial charge on any atom is -0.497 e. The number of amides is 2. The Kier molecular flexibility index (Phi) is 6.66. The maximum Gasteiger partial charge on any atom is 0.274 e. The first-order valence-corrected chi connectivity index (χ1v) is 9.80. The molecule has 0 spiro atoms. The van der Waals surface area contributed by atoms with E-state index in [-0.39, 0.29) is 11.5 Å². The van der Waals surface area contributed by atoms with Crippen LogP contribution in [0.5, 0.6) is 5.75 Å². The lowest BCUT2D eigenvalue weighted by molar-refractivity contribution is -0.114. The van der Waals surface area contributed by atoms with Gasteiger partial charge in [-0.3, -0.25) is 19.2 Å². The highest BCUT2D eigenvalue weighted by Gasteiger charge is 2.16. The van der Waals surface area contributed by atoms with Crippen molar-refractivity contribution in [3.63, 3.8) is 0 Å². The van der Waals surface area contributed by atoms with Crippen molar-refractivity contribution in [2.75, 3.05) is 19.0 Å². The average Bonchev–Trinajstić information content (AvgIpc) is 2.76. The molecule has 0 saturated heterocycles. The van der Waals surface area contributed by atoms with Gasteiger partial charge in [-0.2, -0.15) is 0 Å². The molecule has 9 heteroatoms. The van der Waals surface area contributed by atoms with E-state index < -0.39 is 5.91 Å². The molecule has 2 heterocycles. The third kappa shape index (κ3) is 4.72. The number of nitrogens with zero attached hydrogens (tertiary/aromatic N) is 2. The molecule has 2 N–H and O–H groups in total. The van der Waals surface area contributed by atoms with Crippen molar-refractivity contribution in [1.29, 1.82) is 0 Å². The first-order valence-electron chi connectivity index (χ1n) is 9.80. The van der Waals surface area contributed by atoms with Crippen LogP contribution in [0.15, 0.2) is 41.3 Å². The molecule has 0 radical (unpaired) electrons. The molecule has 0 fully saturated rings. The number of fused-ring (bicyclic) bond motifs is 1. The lowest BCUT2D eigenvalue weighted by Gasteiger charge is -2.14. The second kappa shape index (κ2) is 9.40. The van der Waals surface area contributed by atoms with Crippen molar-refractivity contribution in [3.05, 3.63) is 52.4 Å². The third-order valence-corrected chi connectivity index (χ3v) is 4.62. The molecule has 3 rings (SSSR count). The van der Waals surface area contributed by atoms with Gasteiger partial charge in [0.25, 0.3) is 11.5 Å². The average molecular weight is 424 g/mol. The number of benzene rings is 1. The van der Waals surface area contributed by atoms with Gasteiger partial charge < -0.3 is 14.6 Å². The number of nitrogens with one attached hydrogen (secondary N) is 2. The number of hydrogen-bond acceptors (Lipinski definition) is 6. The molecule has 2 aromatic heterocycles. The standard InChI is InChI=1S/C22H24N4O5/c1-5-26-19-11-20(24-13(3)27)23-12-16(19)10-18(22(26)29)14-7-15(9-17(8-14)30-4)21(28)25-31-6-2/h7-12H,5-6H2,1-4H3,(H,25,28)(H,23,24,27). The summed E-state index contributed by atoms with van der Waals surface area (Å²) in [4.78, 5) is 46.2. The SMILES string of the molecule is CCONC(=O)c1cc(OC)cc(-c2cc3cnc(NC(C)=O)cc3n(CC)c2=O)c1. The van der Waals surface area contributed by atoms with Gasteiger partial charge in [-0.1, -0.05) is 0 Å². The van der Waals surface area contributed by atoms with E-state index in [0.29, 0.717) is 52.3 Å². The fourth-order valence-corrected chi connectivity index (χ4v) is 3.24. The third-order valence-electron chi connectivity index (χ3n) is 4.62. The van der Waals surface area contributed by atoms with Crippen LogP contribution in [0, 0.1) is 0 Å². The van der Waals surface area contributed by atoms with Gasteiger partial charge >= 0.3 is 0 Å². The highest BCUT2D eigenvalue weighted by Crippen LogP contribution is 2.27. The molecule has 0 aliphatic heterocycles. The molecule has 9 nitrogen and oxygen atoms in total. The number of methoxy groups -OCH3 is 1. The first kappa shape index (κ1) is 22.0. The van der Waals surface area contributed by atoms with Crippen LogP contribution < -0.4 is 21.1 Å². The van der Waals surface area contributed by atoms with Gasteiger partial charge in [-0.15, -0.1) is 0 Å². The van der Waals surface area contributed by atoms with Gasteiger partial charge in [0.15, 0.2) is 0 Å². The van der Waals surface area contributed by atoms with Gasteiger partial charge in [0.05, 0.1) is 19.2 Å². The minimum absolute atomic E-state index is 0.237. The van der Waals surface area contributed by atoms with Crippen LogP contribution in [0.25, 0.3) is 22.0 Å². The summed E-state index contributed by atoms with van der Waals surface area (Å²) in [5, 5.41) is 3.34. The van der Waals surface area contributed by atoms with Crippen molar-refractivity contribution in [3.8, 4) is 16.9 Å². The highest BCUT2D eigenvalue weighted by molar-refractivity contribution is 5.96. The number of aromatic nitrogens is 2. The van der Waals surface area contributed by atoms with Crippen LogP contribution in [0.2, 0.25) is 0 Å². The van der Waals surface area contributed by atoms with Gasteiger partial charge in [0.2, 0.25) is 5.91 Å². The molecule has 0 aliphatic carbocycles. The molecule has 0 atom stereocenters. The van der Waals surface area contributed by atoms with Gasteiger partial charge in [0, 0.05) is 42.2 Å². The Morgan fingerprint density at radius 2 is 1.90 bits per heavy atom. The van der Waals surface area contributed by atoms with Gasteiger partial charge in [-0.25, -0.2) is 10.5 Å². The minimum atomic E-state index is -0.444. The van der Waals surface area contributed by atoms with Crippen LogP contribution in [-0.4, -0.2) is 35.1 Å². The van der Waals surface area contributed by atoms with E-state index >= 15 is 0 Å². The molecule has 1 aromatic carbocycles. The molecule has 0 unspecified atom stereocenters. The molecule has 162 valence electrons. The number of ether oxygens (including phenoxy) is 1. The van der Waals surface area contributed by atoms with E-state index in [9.17, 15) is 14.4 Å². The molecule has 3 aromatic rings. The zero-order valence-electron chi connectivity index (χ0n) is 17.8. The molecule has 0 bridgehead atoms. The predicted molar refractivity (Wildman–Crippen MR) is 117 cm³/mol. The van der Waals surface area contributed by atoms with Crippen molar-refractivity contribution in [2.45, 2.75) is 27.3 Å². The Bertz CT molecular complexity index is 1200. The Morgan fingerprint density at radius 1 is 1.13 bits per heavy atom. The number of carbonyl (C=O) groups is 2. The summed E-state index contributed by atoms with van der Waals surface area (Å²) in [6, 6.07) is 8.25. The zero-order chi connectivity index (χ0) is 22.5. The summed E-state index contributed by atoms with van der Waals surface area (Å²) in [5.74, 6) is 0.106. The Morgan fingerprint density at radius 3 is 2.55 bits per heavy atom. The topological polar surface area (TPSA) is 112 Å². The van der Waals surface area contributed by atoms with Gasteiger partial charge in [0.1, 0.15) is 11.6 Å². The Balaban J connectivity index is 2.18. The fourth-order valence-electron chi connectivity index (χ4n) is 3.24. The summed E-state index contributed by atoms with van der Waals surface area (Å²) in [6.45, 7) is 5.74. The monoisotopic (exact) mass is 424 g/mol. The molecule has 2 amide bonds. The largest absolute Gasteiger partial charge is 0.497 e. The van der Waals surface area contributed by atoms with Crippen molar-refractivity contribution >= 4 is 28.5 Å². The molecular weight excluding hydrogens is 400 g/mol. The van der Waals surface area contributed by atoms with Gasteiger partial charge in [-0.05, 0) is 43.7 Å². The molecule has 0 saturated carbocycles. The van der Waals surface area contributed by atoms with E-state index in [4.69, 9.17) is 9.57 Å². The summed E-state index contributed by atoms with van der Waals surface area (Å²) in [6.07, 6.45) is 1.60. The fraction of sp³-hybridized carbons (Fsp3) is 0.273. The van der Waals surface area contributed by atoms with E-state index in [1.165, 1.54) is 14.0 Å². The van der Waals surface area contributed by atoms with Crippen LogP contribution in [0.3, 0.4) is 0 Å². The molecular formula is C22H24N4O5. The summed E-state index contributed by atoms with van der Waals surface area (Å²) < 4.78 is 6.92. The normalized spacial score (nSPS) is 10.7.